The van der Waals surface area contributed by atoms with E-state index in [1.54, 1.807) is 34.3 Å². The lowest BCUT2D eigenvalue weighted by molar-refractivity contribution is 0.141. The molecule has 4 rings (SSSR count). The molecule has 2 aromatic carbocycles. The highest BCUT2D eigenvalue weighted by Crippen LogP contribution is 2.30. The number of hydrogen-bond donors (Lipinski definition) is 0. The van der Waals surface area contributed by atoms with Crippen LogP contribution in [0.3, 0.4) is 0 Å². The molecule has 35 heavy (non-hydrogen) atoms. The fourth-order valence-electron chi connectivity index (χ4n) is 4.44. The Morgan fingerprint density at radius 2 is 2.11 bits per heavy atom. The van der Waals surface area contributed by atoms with Gasteiger partial charge in [0.25, 0.3) is 0 Å². The Morgan fingerprint density at radius 1 is 1.26 bits per heavy atom. The van der Waals surface area contributed by atoms with Crippen LogP contribution in [0, 0.1) is 17.2 Å². The van der Waals surface area contributed by atoms with Crippen LogP contribution < -0.4 is 0 Å². The molecule has 0 unspecified atom stereocenters. The van der Waals surface area contributed by atoms with Crippen molar-refractivity contribution >= 4 is 32.8 Å². The van der Waals surface area contributed by atoms with E-state index >= 15 is 0 Å². The zero-order valence-corrected chi connectivity index (χ0v) is 21.9. The van der Waals surface area contributed by atoms with Gasteiger partial charge in [-0.2, -0.15) is 9.57 Å². The van der Waals surface area contributed by atoms with Crippen molar-refractivity contribution < 1.29 is 13.2 Å². The number of fused-ring (bicyclic) bond motifs is 1. The summed E-state index contributed by atoms with van der Waals surface area (Å²) in [5, 5.41) is 10.0. The standard InChI is InChI=1S/C26H32N4O3S2/c1-3-33-14-6-13-30-25-11-10-23(35(31,32)29-12-5-7-20(2)18-29)16-24(25)28-26(30)34-19-22-9-4-8-21(15-22)17-27/h4,8-11,15-16,20H,3,5-7,12-14,18-19H2,1-2H3/t20-/m1/s1. The zero-order chi connectivity index (χ0) is 24.8. The number of hydrogen-bond acceptors (Lipinski definition) is 6. The van der Waals surface area contributed by atoms with Gasteiger partial charge in [0.2, 0.25) is 10.0 Å². The summed E-state index contributed by atoms with van der Waals surface area (Å²) in [6.45, 7) is 7.28. The van der Waals surface area contributed by atoms with Gasteiger partial charge < -0.3 is 9.30 Å². The number of ether oxygens (including phenoxy) is 1. The van der Waals surface area contributed by atoms with E-state index in [1.165, 1.54) is 0 Å². The SMILES string of the molecule is CCOCCCn1c(SCc2cccc(C#N)c2)nc2cc(S(=O)(=O)N3CCC[C@@H](C)C3)ccc21. The topological polar surface area (TPSA) is 88.2 Å². The van der Waals surface area contributed by atoms with E-state index in [0.717, 1.165) is 42.0 Å². The number of sulfonamides is 1. The van der Waals surface area contributed by atoms with E-state index in [2.05, 4.69) is 17.6 Å². The minimum absolute atomic E-state index is 0.302. The Labute approximate surface area is 212 Å². The highest BCUT2D eigenvalue weighted by atomic mass is 32.2. The van der Waals surface area contributed by atoms with Crippen LogP contribution in [0.2, 0.25) is 0 Å². The second-order valence-corrected chi connectivity index (χ2v) is 11.8. The van der Waals surface area contributed by atoms with E-state index in [1.807, 2.05) is 31.2 Å². The third-order valence-corrected chi connectivity index (χ3v) is 9.15. The van der Waals surface area contributed by atoms with Crippen LogP contribution in [0.25, 0.3) is 11.0 Å². The van der Waals surface area contributed by atoms with Crippen LogP contribution in [0.15, 0.2) is 52.5 Å². The molecule has 1 aliphatic rings. The quantitative estimate of drug-likeness (QED) is 0.279. The van der Waals surface area contributed by atoms with Crippen molar-refractivity contribution in [2.24, 2.45) is 5.92 Å². The fourth-order valence-corrected chi connectivity index (χ4v) is 7.04. The second-order valence-electron chi connectivity index (χ2n) is 8.96. The molecule has 1 fully saturated rings. The molecule has 1 atom stereocenters. The van der Waals surface area contributed by atoms with Gasteiger partial charge in [0, 0.05) is 38.6 Å². The summed E-state index contributed by atoms with van der Waals surface area (Å²) in [6, 6.07) is 15.1. The smallest absolute Gasteiger partial charge is 0.243 e. The summed E-state index contributed by atoms with van der Waals surface area (Å²) < 4.78 is 35.9. The molecule has 0 N–H and O–H groups in total. The lowest BCUT2D eigenvalue weighted by Crippen LogP contribution is -2.39. The molecule has 9 heteroatoms. The molecular weight excluding hydrogens is 480 g/mol. The Hall–Kier alpha value is -2.38. The summed E-state index contributed by atoms with van der Waals surface area (Å²) >= 11 is 1.59. The first-order chi connectivity index (χ1) is 16.9. The molecule has 3 aromatic rings. The van der Waals surface area contributed by atoms with Crippen molar-refractivity contribution in [1.82, 2.24) is 13.9 Å². The minimum Gasteiger partial charge on any atom is -0.382 e. The third-order valence-electron chi connectivity index (χ3n) is 6.24. The second kappa shape index (κ2) is 11.6. The van der Waals surface area contributed by atoms with Gasteiger partial charge in [-0.3, -0.25) is 0 Å². The van der Waals surface area contributed by atoms with Crippen LogP contribution in [0.4, 0.5) is 0 Å². The monoisotopic (exact) mass is 512 g/mol. The number of aryl methyl sites for hydroxylation is 1. The maximum atomic E-state index is 13.3. The van der Waals surface area contributed by atoms with Gasteiger partial charge in [-0.15, -0.1) is 0 Å². The maximum Gasteiger partial charge on any atom is 0.243 e. The molecule has 1 aromatic heterocycles. The predicted molar refractivity (Wildman–Crippen MR) is 139 cm³/mol. The molecule has 0 radical (unpaired) electrons. The van der Waals surface area contributed by atoms with Gasteiger partial charge in [0.15, 0.2) is 5.16 Å². The molecule has 1 saturated heterocycles. The number of rotatable bonds is 10. The van der Waals surface area contributed by atoms with Gasteiger partial charge >= 0.3 is 0 Å². The molecule has 7 nitrogen and oxygen atoms in total. The number of piperidine rings is 1. The highest BCUT2D eigenvalue weighted by molar-refractivity contribution is 7.98. The Bertz CT molecular complexity index is 1310. The number of nitriles is 1. The molecule has 1 aliphatic heterocycles. The first kappa shape index (κ1) is 25.7. The fraction of sp³-hybridized carbons (Fsp3) is 0.462. The van der Waals surface area contributed by atoms with Crippen molar-refractivity contribution in [2.45, 2.75) is 55.5 Å². The van der Waals surface area contributed by atoms with Crippen molar-refractivity contribution in [1.29, 1.82) is 5.26 Å². The highest BCUT2D eigenvalue weighted by Gasteiger charge is 2.29. The van der Waals surface area contributed by atoms with Crippen LogP contribution in [-0.2, 0) is 27.1 Å². The molecule has 0 aliphatic carbocycles. The molecule has 186 valence electrons. The van der Waals surface area contributed by atoms with E-state index in [4.69, 9.17) is 9.72 Å². The number of nitrogens with zero attached hydrogens (tertiary/aromatic N) is 4. The Balaban J connectivity index is 1.63. The molecular formula is C26H32N4O3S2. The van der Waals surface area contributed by atoms with Gasteiger partial charge in [-0.1, -0.05) is 30.8 Å². The van der Waals surface area contributed by atoms with Gasteiger partial charge in [-0.25, -0.2) is 13.4 Å². The lowest BCUT2D eigenvalue weighted by Gasteiger charge is -2.30. The molecule has 0 spiro atoms. The zero-order valence-electron chi connectivity index (χ0n) is 20.3. The Morgan fingerprint density at radius 3 is 2.89 bits per heavy atom. The van der Waals surface area contributed by atoms with Crippen LogP contribution in [0.1, 0.15) is 44.2 Å². The average Bonchev–Trinajstić information content (AvgIpc) is 3.22. The van der Waals surface area contributed by atoms with Crippen LogP contribution in [0.5, 0.6) is 0 Å². The predicted octanol–water partition coefficient (Wildman–Crippen LogP) is 5.05. The van der Waals surface area contributed by atoms with Crippen LogP contribution >= 0.6 is 11.8 Å². The summed E-state index contributed by atoms with van der Waals surface area (Å²) in [5.74, 6) is 1.04. The largest absolute Gasteiger partial charge is 0.382 e. The van der Waals surface area contributed by atoms with Crippen molar-refractivity contribution in [2.75, 3.05) is 26.3 Å². The number of thioether (sulfide) groups is 1. The van der Waals surface area contributed by atoms with Crippen molar-refractivity contribution in [3.8, 4) is 6.07 Å². The van der Waals surface area contributed by atoms with E-state index in [9.17, 15) is 13.7 Å². The van der Waals surface area contributed by atoms with E-state index in [-0.39, 0.29) is 0 Å². The maximum absolute atomic E-state index is 13.3. The molecule has 2 heterocycles. The van der Waals surface area contributed by atoms with Gasteiger partial charge in [0.05, 0.1) is 27.6 Å². The lowest BCUT2D eigenvalue weighted by atomic mass is 10.0. The van der Waals surface area contributed by atoms with Crippen molar-refractivity contribution in [3.63, 3.8) is 0 Å². The van der Waals surface area contributed by atoms with Crippen molar-refractivity contribution in [3.05, 3.63) is 53.6 Å². The third kappa shape index (κ3) is 6.07. The first-order valence-electron chi connectivity index (χ1n) is 12.1. The molecule has 0 saturated carbocycles. The van der Waals surface area contributed by atoms with E-state index < -0.39 is 10.0 Å². The number of benzene rings is 2. The normalized spacial score (nSPS) is 17.0. The minimum atomic E-state index is -3.55. The number of aromatic nitrogens is 2. The number of imidazole rings is 1. The molecule has 0 bridgehead atoms. The van der Waals surface area contributed by atoms with Gasteiger partial charge in [-0.05, 0) is 68.0 Å². The van der Waals surface area contributed by atoms with Crippen LogP contribution in [-0.4, -0.2) is 48.6 Å². The summed E-state index contributed by atoms with van der Waals surface area (Å²) in [5.41, 5.74) is 3.28. The Kier molecular flexibility index (Phi) is 8.50. The summed E-state index contributed by atoms with van der Waals surface area (Å²) in [4.78, 5) is 5.14. The van der Waals surface area contributed by atoms with E-state index in [0.29, 0.717) is 53.9 Å². The van der Waals surface area contributed by atoms with Gasteiger partial charge in [0.1, 0.15) is 0 Å². The summed E-state index contributed by atoms with van der Waals surface area (Å²) in [6.07, 6.45) is 2.79. The first-order valence-corrected chi connectivity index (χ1v) is 14.5. The summed E-state index contributed by atoms with van der Waals surface area (Å²) in [7, 11) is -3.55. The average molecular weight is 513 g/mol. The molecule has 0 amide bonds.